The van der Waals surface area contributed by atoms with Crippen LogP contribution in [0.4, 0.5) is 5.82 Å². The van der Waals surface area contributed by atoms with Gasteiger partial charge in [0.2, 0.25) is 0 Å². The van der Waals surface area contributed by atoms with Crippen molar-refractivity contribution < 1.29 is 15.0 Å². The van der Waals surface area contributed by atoms with Gasteiger partial charge in [0.25, 0.3) is 0 Å². The van der Waals surface area contributed by atoms with Crippen molar-refractivity contribution in [3.05, 3.63) is 23.9 Å². The third-order valence-electron chi connectivity index (χ3n) is 2.78. The number of carboxylic acids is 1. The first-order chi connectivity index (χ1) is 8.46. The van der Waals surface area contributed by atoms with Crippen molar-refractivity contribution in [2.75, 3.05) is 18.5 Å². The summed E-state index contributed by atoms with van der Waals surface area (Å²) in [5, 5.41) is 20.9. The lowest BCUT2D eigenvalue weighted by atomic mass is 9.88. The van der Waals surface area contributed by atoms with Crippen LogP contribution in [0.25, 0.3) is 0 Å². The van der Waals surface area contributed by atoms with Gasteiger partial charge in [0.1, 0.15) is 11.4 Å². The molecule has 0 amide bonds. The molecule has 5 heteroatoms. The normalized spacial score (nSPS) is 11.3. The fraction of sp³-hybridized carbons (Fsp3) is 0.538. The summed E-state index contributed by atoms with van der Waals surface area (Å²) in [7, 11) is 0. The first-order valence-corrected chi connectivity index (χ1v) is 5.99. The first kappa shape index (κ1) is 14.4. The van der Waals surface area contributed by atoms with E-state index in [1.54, 1.807) is 12.3 Å². The molecule has 1 rings (SSSR count). The number of anilines is 1. The van der Waals surface area contributed by atoms with Gasteiger partial charge >= 0.3 is 5.97 Å². The van der Waals surface area contributed by atoms with Crippen molar-refractivity contribution >= 4 is 11.8 Å². The number of carboxylic acid groups (broad SMARTS) is 1. The quantitative estimate of drug-likeness (QED) is 0.691. The summed E-state index contributed by atoms with van der Waals surface area (Å²) >= 11 is 0. The van der Waals surface area contributed by atoms with E-state index >= 15 is 0 Å². The number of aromatic nitrogens is 1. The molecular formula is C13H20N2O3. The maximum absolute atomic E-state index is 11.0. The number of rotatable bonds is 7. The Morgan fingerprint density at radius 2 is 2.22 bits per heavy atom. The minimum absolute atomic E-state index is 0.0178. The van der Waals surface area contributed by atoms with Gasteiger partial charge in [-0.05, 0) is 30.4 Å². The number of aliphatic hydroxyl groups excluding tert-OH is 1. The Kier molecular flexibility index (Phi) is 5.09. The molecule has 18 heavy (non-hydrogen) atoms. The van der Waals surface area contributed by atoms with Crippen LogP contribution in [-0.4, -0.2) is 34.3 Å². The molecule has 0 saturated carbocycles. The van der Waals surface area contributed by atoms with Gasteiger partial charge in [0.15, 0.2) is 0 Å². The van der Waals surface area contributed by atoms with Gasteiger partial charge in [-0.25, -0.2) is 9.78 Å². The summed E-state index contributed by atoms with van der Waals surface area (Å²) in [6, 6.07) is 3.13. The Balaban J connectivity index is 2.65. The van der Waals surface area contributed by atoms with Crippen molar-refractivity contribution in [1.29, 1.82) is 0 Å². The number of pyridine rings is 1. The number of carbonyl (C=O) groups is 1. The zero-order chi connectivity index (χ0) is 13.6. The second kappa shape index (κ2) is 6.35. The summed E-state index contributed by atoms with van der Waals surface area (Å²) in [6.07, 6.45) is 3.17. The van der Waals surface area contributed by atoms with Gasteiger partial charge in [-0.15, -0.1) is 0 Å². The van der Waals surface area contributed by atoms with Crippen molar-refractivity contribution in [1.82, 2.24) is 4.98 Å². The molecule has 0 aliphatic rings. The monoisotopic (exact) mass is 252 g/mol. The van der Waals surface area contributed by atoms with Crippen molar-refractivity contribution in [3.63, 3.8) is 0 Å². The van der Waals surface area contributed by atoms with Gasteiger partial charge < -0.3 is 15.5 Å². The Morgan fingerprint density at radius 3 is 2.83 bits per heavy atom. The van der Waals surface area contributed by atoms with E-state index in [2.05, 4.69) is 24.1 Å². The molecule has 0 atom stereocenters. The van der Waals surface area contributed by atoms with Gasteiger partial charge in [-0.2, -0.15) is 0 Å². The van der Waals surface area contributed by atoms with E-state index in [0.717, 1.165) is 12.8 Å². The SMILES string of the molecule is CC(C)(CCCO)CNc1ncccc1C(=O)O. The second-order valence-electron chi connectivity index (χ2n) is 5.05. The molecule has 1 aromatic heterocycles. The van der Waals surface area contributed by atoms with E-state index in [-0.39, 0.29) is 17.6 Å². The van der Waals surface area contributed by atoms with Gasteiger partial charge in [-0.3, -0.25) is 0 Å². The molecule has 0 fully saturated rings. The topological polar surface area (TPSA) is 82.5 Å². The molecule has 3 N–H and O–H groups in total. The van der Waals surface area contributed by atoms with E-state index in [0.29, 0.717) is 12.4 Å². The van der Waals surface area contributed by atoms with Crippen LogP contribution in [0.5, 0.6) is 0 Å². The van der Waals surface area contributed by atoms with E-state index < -0.39 is 5.97 Å². The maximum Gasteiger partial charge on any atom is 0.339 e. The summed E-state index contributed by atoms with van der Waals surface area (Å²) in [5.74, 6) is -0.596. The fourth-order valence-corrected chi connectivity index (χ4v) is 1.69. The van der Waals surface area contributed by atoms with E-state index in [1.807, 2.05) is 0 Å². The largest absolute Gasteiger partial charge is 0.478 e. The van der Waals surface area contributed by atoms with Crippen LogP contribution in [0.2, 0.25) is 0 Å². The lowest BCUT2D eigenvalue weighted by Crippen LogP contribution is -2.24. The molecule has 0 bridgehead atoms. The molecule has 5 nitrogen and oxygen atoms in total. The highest BCUT2D eigenvalue weighted by Gasteiger charge is 2.19. The number of hydrogen-bond acceptors (Lipinski definition) is 4. The smallest absolute Gasteiger partial charge is 0.339 e. The van der Waals surface area contributed by atoms with Gasteiger partial charge in [0.05, 0.1) is 0 Å². The highest BCUT2D eigenvalue weighted by molar-refractivity contribution is 5.92. The molecule has 100 valence electrons. The van der Waals surface area contributed by atoms with Gasteiger partial charge in [-0.1, -0.05) is 13.8 Å². The molecule has 0 aromatic carbocycles. The minimum atomic E-state index is -0.987. The number of nitrogens with one attached hydrogen (secondary N) is 1. The molecule has 0 unspecified atom stereocenters. The van der Waals surface area contributed by atoms with Crippen molar-refractivity contribution in [2.24, 2.45) is 5.41 Å². The fourth-order valence-electron chi connectivity index (χ4n) is 1.69. The molecule has 1 heterocycles. The number of nitrogens with zero attached hydrogens (tertiary/aromatic N) is 1. The second-order valence-corrected chi connectivity index (χ2v) is 5.05. The van der Waals surface area contributed by atoms with Crippen LogP contribution in [0.1, 0.15) is 37.0 Å². The van der Waals surface area contributed by atoms with Crippen LogP contribution in [0.3, 0.4) is 0 Å². The highest BCUT2D eigenvalue weighted by Crippen LogP contribution is 2.23. The first-order valence-electron chi connectivity index (χ1n) is 5.99. The number of aromatic carboxylic acids is 1. The third-order valence-corrected chi connectivity index (χ3v) is 2.78. The van der Waals surface area contributed by atoms with Crippen LogP contribution >= 0.6 is 0 Å². The van der Waals surface area contributed by atoms with E-state index in [4.69, 9.17) is 10.2 Å². The molecule has 0 radical (unpaired) electrons. The summed E-state index contributed by atoms with van der Waals surface area (Å²) in [6.45, 7) is 4.93. The Bertz CT molecular complexity index is 405. The summed E-state index contributed by atoms with van der Waals surface area (Å²) in [4.78, 5) is 15.0. The summed E-state index contributed by atoms with van der Waals surface area (Å²) in [5.41, 5.74) is 0.159. The third kappa shape index (κ3) is 4.33. The maximum atomic E-state index is 11.0. The molecule has 0 aliphatic carbocycles. The van der Waals surface area contributed by atoms with Crippen molar-refractivity contribution in [2.45, 2.75) is 26.7 Å². The zero-order valence-corrected chi connectivity index (χ0v) is 10.8. The van der Waals surface area contributed by atoms with Crippen LogP contribution in [0.15, 0.2) is 18.3 Å². The summed E-state index contributed by atoms with van der Waals surface area (Å²) < 4.78 is 0. The van der Waals surface area contributed by atoms with Crippen molar-refractivity contribution in [3.8, 4) is 0 Å². The molecule has 1 aromatic rings. The minimum Gasteiger partial charge on any atom is -0.478 e. The standard InChI is InChI=1S/C13H20N2O3/c1-13(2,6-4-8-16)9-15-11-10(12(17)18)5-3-7-14-11/h3,5,7,16H,4,6,8-9H2,1-2H3,(H,14,15)(H,17,18). The number of aliphatic hydroxyl groups is 1. The van der Waals surface area contributed by atoms with Crippen LogP contribution in [0, 0.1) is 5.41 Å². The Morgan fingerprint density at radius 1 is 1.50 bits per heavy atom. The predicted molar refractivity (Wildman–Crippen MR) is 69.8 cm³/mol. The van der Waals surface area contributed by atoms with E-state index in [1.165, 1.54) is 6.07 Å². The Labute approximate surface area is 107 Å². The highest BCUT2D eigenvalue weighted by atomic mass is 16.4. The predicted octanol–water partition coefficient (Wildman–Crippen LogP) is 1.99. The average molecular weight is 252 g/mol. The lowest BCUT2D eigenvalue weighted by Gasteiger charge is -2.25. The zero-order valence-electron chi connectivity index (χ0n) is 10.8. The van der Waals surface area contributed by atoms with Crippen LogP contribution in [-0.2, 0) is 0 Å². The number of hydrogen-bond donors (Lipinski definition) is 3. The lowest BCUT2D eigenvalue weighted by molar-refractivity contribution is 0.0697. The molecule has 0 aliphatic heterocycles. The molecule has 0 saturated heterocycles. The Hall–Kier alpha value is -1.62. The molecule has 0 spiro atoms. The van der Waals surface area contributed by atoms with Crippen LogP contribution < -0.4 is 5.32 Å². The van der Waals surface area contributed by atoms with Gasteiger partial charge in [0, 0.05) is 19.3 Å². The average Bonchev–Trinajstić information content (AvgIpc) is 2.34. The molecular weight excluding hydrogens is 232 g/mol. The van der Waals surface area contributed by atoms with E-state index in [9.17, 15) is 4.79 Å².